The molecule has 2 aromatic heterocycles. The minimum absolute atomic E-state index is 0.159. The first-order valence-corrected chi connectivity index (χ1v) is 7.91. The Balaban J connectivity index is 1.71. The van der Waals surface area contributed by atoms with Crippen molar-refractivity contribution in [3.05, 3.63) is 68.2 Å². The van der Waals surface area contributed by atoms with E-state index in [1.165, 1.54) is 23.5 Å². The van der Waals surface area contributed by atoms with Crippen LogP contribution < -0.4 is 0 Å². The number of ether oxygens (including phenoxy) is 1. The van der Waals surface area contributed by atoms with Crippen LogP contribution in [-0.2, 0) is 11.3 Å². The highest BCUT2D eigenvalue weighted by Crippen LogP contribution is 2.26. The largest absolute Gasteiger partial charge is 0.455 e. The van der Waals surface area contributed by atoms with Crippen molar-refractivity contribution in [2.24, 2.45) is 0 Å². The molecule has 0 saturated heterocycles. The van der Waals surface area contributed by atoms with Gasteiger partial charge in [0.1, 0.15) is 17.9 Å². The predicted octanol–water partition coefficient (Wildman–Crippen LogP) is 4.32. The average molecular weight is 365 g/mol. The Morgan fingerprint density at radius 1 is 1.38 bits per heavy atom. The molecule has 0 aliphatic rings. The van der Waals surface area contributed by atoms with Gasteiger partial charge in [-0.2, -0.15) is 0 Å². The third-order valence-electron chi connectivity index (χ3n) is 3.05. The number of nitrogens with zero attached hydrogens (tertiary/aromatic N) is 2. The number of esters is 1. The summed E-state index contributed by atoms with van der Waals surface area (Å²) in [7, 11) is 0. The number of carbonyl (C=O) groups excluding carboxylic acids is 1. The van der Waals surface area contributed by atoms with Gasteiger partial charge in [-0.25, -0.2) is 4.79 Å². The first-order chi connectivity index (χ1) is 11.5. The van der Waals surface area contributed by atoms with Gasteiger partial charge in [0.05, 0.1) is 9.80 Å². The van der Waals surface area contributed by atoms with Gasteiger partial charge in [-0.1, -0.05) is 22.8 Å². The number of hydrogen-bond acceptors (Lipinski definition) is 7. The summed E-state index contributed by atoms with van der Waals surface area (Å²) in [4.78, 5) is 23.3. The van der Waals surface area contributed by atoms with Gasteiger partial charge in [0.2, 0.25) is 0 Å². The number of carbonyl (C=O) groups is 1. The minimum atomic E-state index is -0.834. The van der Waals surface area contributed by atoms with Crippen molar-refractivity contribution in [2.45, 2.75) is 6.61 Å². The summed E-state index contributed by atoms with van der Waals surface area (Å²) < 4.78 is 10.2. The summed E-state index contributed by atoms with van der Waals surface area (Å²) in [6, 6.07) is 9.14. The fourth-order valence-corrected chi connectivity index (χ4v) is 2.80. The lowest BCUT2D eigenvalue weighted by molar-refractivity contribution is -0.385. The third kappa shape index (κ3) is 3.44. The van der Waals surface area contributed by atoms with Crippen LogP contribution in [0.3, 0.4) is 0 Å². The highest BCUT2D eigenvalue weighted by Gasteiger charge is 2.22. The fourth-order valence-electron chi connectivity index (χ4n) is 1.96. The molecular weight excluding hydrogens is 356 g/mol. The highest BCUT2D eigenvalue weighted by molar-refractivity contribution is 7.13. The van der Waals surface area contributed by atoms with Crippen molar-refractivity contribution in [2.75, 3.05) is 0 Å². The van der Waals surface area contributed by atoms with E-state index in [0.717, 1.165) is 10.9 Å². The van der Waals surface area contributed by atoms with Gasteiger partial charge in [-0.3, -0.25) is 10.1 Å². The smallest absolute Gasteiger partial charge is 0.345 e. The third-order valence-corrected chi connectivity index (χ3v) is 4.17. The zero-order valence-corrected chi connectivity index (χ0v) is 13.5. The van der Waals surface area contributed by atoms with E-state index in [1.54, 1.807) is 6.07 Å². The van der Waals surface area contributed by atoms with Crippen LogP contribution in [0.15, 0.2) is 46.3 Å². The molecule has 24 heavy (non-hydrogen) atoms. The second-order valence-electron chi connectivity index (χ2n) is 4.65. The topological polar surface area (TPSA) is 95.5 Å². The maximum atomic E-state index is 12.1. The molecule has 0 N–H and O–H groups in total. The molecule has 0 radical (unpaired) electrons. The quantitative estimate of drug-likeness (QED) is 0.380. The summed E-state index contributed by atoms with van der Waals surface area (Å²) in [5.74, 6) is -0.271. The summed E-state index contributed by atoms with van der Waals surface area (Å²) in [5, 5.41) is 16.9. The molecule has 3 rings (SSSR count). The van der Waals surface area contributed by atoms with E-state index in [9.17, 15) is 14.9 Å². The number of thiophene rings is 1. The maximum absolute atomic E-state index is 12.1. The molecule has 0 atom stereocenters. The van der Waals surface area contributed by atoms with E-state index >= 15 is 0 Å². The van der Waals surface area contributed by atoms with Crippen LogP contribution in [0.25, 0.3) is 10.6 Å². The lowest BCUT2D eigenvalue weighted by Gasteiger charge is -2.03. The molecule has 7 nitrogen and oxygen atoms in total. The lowest BCUT2D eigenvalue weighted by Crippen LogP contribution is -2.08. The molecule has 0 aliphatic carbocycles. The van der Waals surface area contributed by atoms with Crippen molar-refractivity contribution < 1.29 is 19.0 Å². The van der Waals surface area contributed by atoms with Crippen molar-refractivity contribution in [1.82, 2.24) is 5.16 Å². The molecule has 0 saturated carbocycles. The van der Waals surface area contributed by atoms with Gasteiger partial charge in [0, 0.05) is 17.2 Å². The molecule has 0 bridgehead atoms. The fraction of sp³-hybridized carbons (Fsp3) is 0.0667. The highest BCUT2D eigenvalue weighted by atomic mass is 35.5. The number of rotatable bonds is 5. The molecule has 3 aromatic rings. The standard InChI is InChI=1S/C15H9ClN2O5S/c16-9-3-4-11(12(6-9)18(20)21)15(19)22-8-10-7-13(23-17-10)14-2-1-5-24-14/h1-7H,8H2. The van der Waals surface area contributed by atoms with Gasteiger partial charge in [0.25, 0.3) is 5.69 Å². The van der Waals surface area contributed by atoms with Crippen LogP contribution >= 0.6 is 22.9 Å². The summed E-state index contributed by atoms with van der Waals surface area (Å²) in [6.45, 7) is -0.159. The van der Waals surface area contributed by atoms with E-state index in [1.807, 2.05) is 17.5 Å². The zero-order valence-electron chi connectivity index (χ0n) is 12.0. The Bertz CT molecular complexity index is 891. The molecule has 0 aliphatic heterocycles. The van der Waals surface area contributed by atoms with Gasteiger partial charge < -0.3 is 9.26 Å². The van der Waals surface area contributed by atoms with Crippen molar-refractivity contribution in [3.63, 3.8) is 0 Å². The summed E-state index contributed by atoms with van der Waals surface area (Å²) in [6.07, 6.45) is 0. The molecule has 0 spiro atoms. The van der Waals surface area contributed by atoms with Crippen molar-refractivity contribution in [1.29, 1.82) is 0 Å². The molecule has 0 unspecified atom stereocenters. The predicted molar refractivity (Wildman–Crippen MR) is 87.0 cm³/mol. The van der Waals surface area contributed by atoms with Crippen LogP contribution in [0, 0.1) is 10.1 Å². The Hall–Kier alpha value is -2.71. The van der Waals surface area contributed by atoms with Gasteiger partial charge in [-0.15, -0.1) is 11.3 Å². The number of benzene rings is 1. The maximum Gasteiger partial charge on any atom is 0.345 e. The molecule has 0 amide bonds. The van der Waals surface area contributed by atoms with E-state index in [2.05, 4.69) is 5.16 Å². The molecule has 1 aromatic carbocycles. The Morgan fingerprint density at radius 3 is 2.92 bits per heavy atom. The van der Waals surface area contributed by atoms with E-state index in [-0.39, 0.29) is 17.2 Å². The minimum Gasteiger partial charge on any atom is -0.455 e. The lowest BCUT2D eigenvalue weighted by atomic mass is 10.2. The Morgan fingerprint density at radius 2 is 2.21 bits per heavy atom. The van der Waals surface area contributed by atoms with Crippen LogP contribution in [0.4, 0.5) is 5.69 Å². The van der Waals surface area contributed by atoms with Crippen LogP contribution in [0.1, 0.15) is 16.1 Å². The van der Waals surface area contributed by atoms with Crippen LogP contribution in [-0.4, -0.2) is 16.0 Å². The zero-order chi connectivity index (χ0) is 17.1. The molecule has 2 heterocycles. The summed E-state index contributed by atoms with van der Waals surface area (Å²) >= 11 is 7.20. The normalized spacial score (nSPS) is 10.5. The van der Waals surface area contributed by atoms with Crippen molar-refractivity contribution in [3.8, 4) is 10.6 Å². The second-order valence-corrected chi connectivity index (χ2v) is 6.04. The first kappa shape index (κ1) is 16.2. The second kappa shape index (κ2) is 6.81. The molecule has 122 valence electrons. The Kier molecular flexibility index (Phi) is 4.59. The monoisotopic (exact) mass is 364 g/mol. The molecule has 9 heteroatoms. The Labute approximate surface area is 144 Å². The number of hydrogen-bond donors (Lipinski definition) is 0. The van der Waals surface area contributed by atoms with Crippen LogP contribution in [0.5, 0.6) is 0 Å². The first-order valence-electron chi connectivity index (χ1n) is 6.65. The number of aromatic nitrogens is 1. The molecular formula is C15H9ClN2O5S. The van der Waals surface area contributed by atoms with E-state index in [0.29, 0.717) is 11.5 Å². The molecule has 0 fully saturated rings. The summed E-state index contributed by atoms with van der Waals surface area (Å²) in [5.41, 5.74) is -0.179. The van der Waals surface area contributed by atoms with Crippen LogP contribution in [0.2, 0.25) is 5.02 Å². The average Bonchev–Trinajstić information content (AvgIpc) is 3.23. The number of nitro groups is 1. The van der Waals surface area contributed by atoms with Gasteiger partial charge in [0.15, 0.2) is 5.76 Å². The SMILES string of the molecule is O=C(OCc1cc(-c2cccs2)on1)c1ccc(Cl)cc1[N+](=O)[O-]. The number of halogens is 1. The van der Waals surface area contributed by atoms with E-state index in [4.69, 9.17) is 20.9 Å². The number of nitro benzene ring substituents is 1. The van der Waals surface area contributed by atoms with Crippen molar-refractivity contribution >= 4 is 34.6 Å². The van der Waals surface area contributed by atoms with Gasteiger partial charge >= 0.3 is 5.97 Å². The van der Waals surface area contributed by atoms with E-state index < -0.39 is 16.6 Å². The van der Waals surface area contributed by atoms with Gasteiger partial charge in [-0.05, 0) is 23.6 Å².